The number of nitrogens with zero attached hydrogens (tertiary/aromatic N) is 5. The topological polar surface area (TPSA) is 46.8 Å². The van der Waals surface area contributed by atoms with E-state index in [1.807, 2.05) is 49.1 Å². The molecule has 0 saturated heterocycles. The van der Waals surface area contributed by atoms with E-state index in [9.17, 15) is 0 Å². The molecule has 4 rings (SSSR count). The Balaban J connectivity index is 1.52. The summed E-state index contributed by atoms with van der Waals surface area (Å²) in [5.74, 6) is 0.770. The quantitative estimate of drug-likeness (QED) is 0.724. The lowest BCUT2D eigenvalue weighted by molar-refractivity contribution is 0.236. The van der Waals surface area contributed by atoms with Crippen LogP contribution >= 0.6 is 11.6 Å². The number of hydrogen-bond donors (Lipinski definition) is 0. The molecular weight excluding hydrogens is 334 g/mol. The van der Waals surface area contributed by atoms with Gasteiger partial charge in [-0.05, 0) is 37.3 Å². The molecule has 1 aliphatic rings. The van der Waals surface area contributed by atoms with Crippen LogP contribution in [-0.4, -0.2) is 31.2 Å². The molecule has 0 saturated carbocycles. The van der Waals surface area contributed by atoms with Crippen molar-refractivity contribution in [3.63, 3.8) is 0 Å². The van der Waals surface area contributed by atoms with E-state index in [1.165, 1.54) is 11.3 Å². The summed E-state index contributed by atoms with van der Waals surface area (Å²) in [4.78, 5) is 11.8. The minimum atomic E-state index is 0.725. The molecule has 0 unspecified atom stereocenters. The van der Waals surface area contributed by atoms with Crippen LogP contribution in [0.4, 0.5) is 0 Å². The number of fused-ring (bicyclic) bond motifs is 1. The fourth-order valence-electron chi connectivity index (χ4n) is 3.29. The molecule has 0 atom stereocenters. The first kappa shape index (κ1) is 16.2. The Hall–Kier alpha value is -2.24. The molecule has 2 aromatic heterocycles. The highest BCUT2D eigenvalue weighted by Gasteiger charge is 2.20. The molecule has 1 aliphatic heterocycles. The normalized spacial score (nSPS) is 14.5. The van der Waals surface area contributed by atoms with Crippen molar-refractivity contribution in [2.75, 3.05) is 6.54 Å². The van der Waals surface area contributed by atoms with Crippen LogP contribution in [0.1, 0.15) is 22.6 Å². The van der Waals surface area contributed by atoms with Gasteiger partial charge in [0.2, 0.25) is 0 Å². The summed E-state index contributed by atoms with van der Waals surface area (Å²) in [6, 6.07) is 9.82. The zero-order valence-electron chi connectivity index (χ0n) is 14.4. The van der Waals surface area contributed by atoms with E-state index in [1.54, 1.807) is 0 Å². The Morgan fingerprint density at radius 2 is 2.00 bits per heavy atom. The third-order valence-electron chi connectivity index (χ3n) is 4.60. The third-order valence-corrected chi connectivity index (χ3v) is 4.85. The first-order chi connectivity index (χ1) is 12.1. The zero-order valence-corrected chi connectivity index (χ0v) is 15.2. The molecule has 3 aromatic rings. The fourth-order valence-corrected chi connectivity index (χ4v) is 3.41. The number of aromatic nitrogens is 4. The summed E-state index contributed by atoms with van der Waals surface area (Å²) >= 11 is 5.96. The summed E-state index contributed by atoms with van der Waals surface area (Å²) in [5, 5.41) is 5.15. The first-order valence-electron chi connectivity index (χ1n) is 8.41. The summed E-state index contributed by atoms with van der Waals surface area (Å²) in [5.41, 5.74) is 5.66. The molecule has 0 N–H and O–H groups in total. The molecule has 0 bridgehead atoms. The lowest BCUT2D eigenvalue weighted by atomic mass is 10.1. The van der Waals surface area contributed by atoms with Crippen LogP contribution in [0.3, 0.4) is 0 Å². The molecule has 0 aliphatic carbocycles. The SMILES string of the molecule is Cc1cc(CN2CCc3nc(-c4ccc(Cl)cc4)ncc3C2)n(C)n1. The van der Waals surface area contributed by atoms with Gasteiger partial charge in [-0.2, -0.15) is 5.10 Å². The minimum Gasteiger partial charge on any atom is -0.293 e. The maximum Gasteiger partial charge on any atom is 0.159 e. The molecule has 0 fully saturated rings. The monoisotopic (exact) mass is 353 g/mol. The van der Waals surface area contributed by atoms with E-state index < -0.39 is 0 Å². The number of rotatable bonds is 3. The van der Waals surface area contributed by atoms with E-state index >= 15 is 0 Å². The third kappa shape index (κ3) is 3.43. The van der Waals surface area contributed by atoms with Gasteiger partial charge in [0.1, 0.15) is 0 Å². The summed E-state index contributed by atoms with van der Waals surface area (Å²) < 4.78 is 1.96. The number of halogens is 1. The lowest BCUT2D eigenvalue weighted by Crippen LogP contribution is -2.31. The van der Waals surface area contributed by atoms with Gasteiger partial charge >= 0.3 is 0 Å². The molecule has 0 radical (unpaired) electrons. The van der Waals surface area contributed by atoms with E-state index in [2.05, 4.69) is 21.0 Å². The van der Waals surface area contributed by atoms with Gasteiger partial charge in [-0.1, -0.05) is 11.6 Å². The molecule has 0 spiro atoms. The maximum absolute atomic E-state index is 5.96. The van der Waals surface area contributed by atoms with Crippen LogP contribution < -0.4 is 0 Å². The van der Waals surface area contributed by atoms with Crippen LogP contribution in [-0.2, 0) is 26.6 Å². The smallest absolute Gasteiger partial charge is 0.159 e. The van der Waals surface area contributed by atoms with Gasteiger partial charge in [-0.15, -0.1) is 0 Å². The van der Waals surface area contributed by atoms with Crippen molar-refractivity contribution in [1.29, 1.82) is 0 Å². The van der Waals surface area contributed by atoms with Gasteiger partial charge in [0.05, 0.1) is 17.1 Å². The standard InChI is InChI=1S/C19H20ClN5/c1-13-9-17(24(2)23-13)12-25-8-7-18-15(11-25)10-21-19(22-18)14-3-5-16(20)6-4-14/h3-6,9-10H,7-8,11-12H2,1-2H3. The van der Waals surface area contributed by atoms with Crippen molar-refractivity contribution in [3.8, 4) is 11.4 Å². The Morgan fingerprint density at radius 3 is 2.72 bits per heavy atom. The summed E-state index contributed by atoms with van der Waals surface area (Å²) in [6.45, 7) is 4.80. The zero-order chi connectivity index (χ0) is 17.4. The van der Waals surface area contributed by atoms with E-state index in [0.717, 1.165) is 53.9 Å². The molecule has 1 aromatic carbocycles. The highest BCUT2D eigenvalue weighted by atomic mass is 35.5. The van der Waals surface area contributed by atoms with E-state index in [0.29, 0.717) is 0 Å². The molecule has 0 amide bonds. The van der Waals surface area contributed by atoms with Gasteiger partial charge in [0.15, 0.2) is 5.82 Å². The highest BCUT2D eigenvalue weighted by Crippen LogP contribution is 2.23. The van der Waals surface area contributed by atoms with Crippen molar-refractivity contribution >= 4 is 11.6 Å². The maximum atomic E-state index is 5.96. The van der Waals surface area contributed by atoms with E-state index in [-0.39, 0.29) is 0 Å². The lowest BCUT2D eigenvalue weighted by Gasteiger charge is -2.27. The van der Waals surface area contributed by atoms with Crippen molar-refractivity contribution in [3.05, 3.63) is 64.2 Å². The Labute approximate surface area is 152 Å². The second-order valence-electron chi connectivity index (χ2n) is 6.53. The molecule has 128 valence electrons. The average molecular weight is 354 g/mol. The number of benzene rings is 1. The van der Waals surface area contributed by atoms with Gasteiger partial charge in [0, 0.05) is 55.4 Å². The average Bonchev–Trinajstić information content (AvgIpc) is 2.92. The number of aryl methyl sites for hydroxylation is 2. The Bertz CT molecular complexity index is 901. The molecule has 3 heterocycles. The summed E-state index contributed by atoms with van der Waals surface area (Å²) in [7, 11) is 2.00. The van der Waals surface area contributed by atoms with Crippen molar-refractivity contribution in [2.45, 2.75) is 26.4 Å². The fraction of sp³-hybridized carbons (Fsp3) is 0.316. The van der Waals surface area contributed by atoms with Crippen LogP contribution in [0.25, 0.3) is 11.4 Å². The second kappa shape index (κ2) is 6.58. The van der Waals surface area contributed by atoms with Crippen molar-refractivity contribution < 1.29 is 0 Å². The van der Waals surface area contributed by atoms with Gasteiger partial charge in [-0.3, -0.25) is 9.58 Å². The van der Waals surface area contributed by atoms with Crippen LogP contribution in [0.5, 0.6) is 0 Å². The molecule has 25 heavy (non-hydrogen) atoms. The van der Waals surface area contributed by atoms with Gasteiger partial charge < -0.3 is 0 Å². The first-order valence-corrected chi connectivity index (χ1v) is 8.79. The van der Waals surface area contributed by atoms with Gasteiger partial charge in [-0.25, -0.2) is 9.97 Å². The predicted molar refractivity (Wildman–Crippen MR) is 98.2 cm³/mol. The Morgan fingerprint density at radius 1 is 1.20 bits per heavy atom. The predicted octanol–water partition coefficient (Wildman–Crippen LogP) is 3.40. The van der Waals surface area contributed by atoms with Crippen molar-refractivity contribution in [1.82, 2.24) is 24.6 Å². The highest BCUT2D eigenvalue weighted by molar-refractivity contribution is 6.30. The molecule has 6 heteroatoms. The largest absolute Gasteiger partial charge is 0.293 e. The minimum absolute atomic E-state index is 0.725. The van der Waals surface area contributed by atoms with Crippen LogP contribution in [0.2, 0.25) is 5.02 Å². The summed E-state index contributed by atoms with van der Waals surface area (Å²) in [6.07, 6.45) is 2.90. The molecule has 5 nitrogen and oxygen atoms in total. The van der Waals surface area contributed by atoms with Crippen molar-refractivity contribution in [2.24, 2.45) is 7.05 Å². The van der Waals surface area contributed by atoms with E-state index in [4.69, 9.17) is 16.6 Å². The van der Waals surface area contributed by atoms with Crippen LogP contribution in [0, 0.1) is 6.92 Å². The number of hydrogen-bond acceptors (Lipinski definition) is 4. The second-order valence-corrected chi connectivity index (χ2v) is 6.97. The van der Waals surface area contributed by atoms with Gasteiger partial charge in [0.25, 0.3) is 0 Å². The molecular formula is C19H20ClN5. The Kier molecular flexibility index (Phi) is 4.27. The van der Waals surface area contributed by atoms with Crippen LogP contribution in [0.15, 0.2) is 36.5 Å².